The SMILES string of the molecule is N#Cc1nc(-c2cccnc2)sc1SS. The second-order valence-corrected chi connectivity index (χ2v) is 5.00. The van der Waals surface area contributed by atoms with Crippen LogP contribution < -0.4 is 0 Å². The zero-order valence-electron chi connectivity index (χ0n) is 7.41. The number of pyridine rings is 1. The maximum atomic E-state index is 8.84. The van der Waals surface area contributed by atoms with Crippen LogP contribution in [0, 0.1) is 11.3 Å². The van der Waals surface area contributed by atoms with Crippen LogP contribution in [0.5, 0.6) is 0 Å². The molecule has 2 rings (SSSR count). The molecular formula is C9H5N3S3. The van der Waals surface area contributed by atoms with Crippen molar-refractivity contribution in [1.29, 1.82) is 5.26 Å². The van der Waals surface area contributed by atoms with Crippen molar-refractivity contribution in [3.8, 4) is 16.6 Å². The van der Waals surface area contributed by atoms with Crippen molar-refractivity contribution < 1.29 is 0 Å². The minimum Gasteiger partial charge on any atom is -0.264 e. The van der Waals surface area contributed by atoms with Gasteiger partial charge in [0.05, 0.1) is 0 Å². The molecule has 6 heteroatoms. The molecule has 15 heavy (non-hydrogen) atoms. The average molecular weight is 251 g/mol. The molecule has 0 spiro atoms. The monoisotopic (exact) mass is 251 g/mol. The Kier molecular flexibility index (Phi) is 3.26. The summed E-state index contributed by atoms with van der Waals surface area (Å²) in [6.07, 6.45) is 3.43. The Morgan fingerprint density at radius 3 is 2.93 bits per heavy atom. The highest BCUT2D eigenvalue weighted by Gasteiger charge is 2.11. The lowest BCUT2D eigenvalue weighted by Gasteiger charge is -1.91. The molecule has 2 heterocycles. The number of hydrogen-bond acceptors (Lipinski definition) is 6. The van der Waals surface area contributed by atoms with E-state index in [1.807, 2.05) is 18.2 Å². The van der Waals surface area contributed by atoms with E-state index < -0.39 is 0 Å². The van der Waals surface area contributed by atoms with Gasteiger partial charge in [0.1, 0.15) is 15.3 Å². The zero-order chi connectivity index (χ0) is 10.7. The van der Waals surface area contributed by atoms with Gasteiger partial charge in [0.25, 0.3) is 0 Å². The summed E-state index contributed by atoms with van der Waals surface area (Å²) in [5.74, 6) is 0. The molecule has 0 saturated carbocycles. The molecule has 74 valence electrons. The van der Waals surface area contributed by atoms with Gasteiger partial charge < -0.3 is 0 Å². The quantitative estimate of drug-likeness (QED) is 0.658. The van der Waals surface area contributed by atoms with Crippen molar-refractivity contribution in [2.24, 2.45) is 0 Å². The molecule has 0 radical (unpaired) electrons. The minimum absolute atomic E-state index is 0.429. The van der Waals surface area contributed by atoms with Crippen LogP contribution in [0.2, 0.25) is 0 Å². The van der Waals surface area contributed by atoms with Gasteiger partial charge in [-0.05, 0) is 22.9 Å². The van der Waals surface area contributed by atoms with Gasteiger partial charge in [0.15, 0.2) is 5.69 Å². The molecule has 0 aliphatic carbocycles. The zero-order valence-corrected chi connectivity index (χ0v) is 9.94. The van der Waals surface area contributed by atoms with E-state index in [2.05, 4.69) is 21.6 Å². The molecule has 0 atom stereocenters. The molecule has 0 aliphatic heterocycles. The van der Waals surface area contributed by atoms with Gasteiger partial charge in [0.2, 0.25) is 0 Å². The van der Waals surface area contributed by atoms with Gasteiger partial charge in [-0.3, -0.25) is 4.98 Å². The third kappa shape index (κ3) is 2.15. The number of nitrogens with zero attached hydrogens (tertiary/aromatic N) is 3. The number of aromatic nitrogens is 2. The maximum Gasteiger partial charge on any atom is 0.166 e. The van der Waals surface area contributed by atoms with Crippen LogP contribution in [0.25, 0.3) is 10.6 Å². The summed E-state index contributed by atoms with van der Waals surface area (Å²) in [7, 11) is 1.24. The van der Waals surface area contributed by atoms with E-state index >= 15 is 0 Å². The Balaban J connectivity index is 2.48. The van der Waals surface area contributed by atoms with Crippen LogP contribution >= 0.6 is 33.8 Å². The highest BCUT2D eigenvalue weighted by Crippen LogP contribution is 2.35. The van der Waals surface area contributed by atoms with E-state index in [9.17, 15) is 0 Å². The molecule has 0 unspecified atom stereocenters. The van der Waals surface area contributed by atoms with Gasteiger partial charge in [-0.1, -0.05) is 0 Å². The molecule has 0 bridgehead atoms. The molecule has 0 fully saturated rings. The summed E-state index contributed by atoms with van der Waals surface area (Å²) in [5.41, 5.74) is 1.35. The maximum absolute atomic E-state index is 8.84. The number of thiol groups is 1. The van der Waals surface area contributed by atoms with Crippen molar-refractivity contribution in [2.75, 3.05) is 0 Å². The molecule has 3 nitrogen and oxygen atoms in total. The molecule has 0 saturated heterocycles. The summed E-state index contributed by atoms with van der Waals surface area (Å²) in [4.78, 5) is 8.23. The molecule has 0 amide bonds. The number of thiazole rings is 1. The fourth-order valence-electron chi connectivity index (χ4n) is 1.05. The van der Waals surface area contributed by atoms with Gasteiger partial charge in [-0.15, -0.1) is 23.0 Å². The average Bonchev–Trinajstić information content (AvgIpc) is 2.73. The van der Waals surface area contributed by atoms with Gasteiger partial charge in [-0.25, -0.2) is 4.98 Å². The standard InChI is InChI=1S/C9H5N3S3/c10-4-7-9(15-13)14-8(12-7)6-2-1-3-11-5-6/h1-3,5,13H. The van der Waals surface area contributed by atoms with Crippen molar-refractivity contribution in [1.82, 2.24) is 9.97 Å². The number of nitriles is 1. The van der Waals surface area contributed by atoms with Crippen LogP contribution in [0.1, 0.15) is 5.69 Å². The van der Waals surface area contributed by atoms with Crippen molar-refractivity contribution in [2.45, 2.75) is 4.21 Å². The Hall–Kier alpha value is -1.03. The van der Waals surface area contributed by atoms with E-state index in [0.717, 1.165) is 14.8 Å². The second kappa shape index (κ2) is 4.66. The van der Waals surface area contributed by atoms with E-state index in [4.69, 9.17) is 5.26 Å². The summed E-state index contributed by atoms with van der Waals surface area (Å²) in [5, 5.41) is 9.64. The molecule has 0 N–H and O–H groups in total. The van der Waals surface area contributed by atoms with Crippen LogP contribution in [-0.2, 0) is 0 Å². The molecule has 0 aromatic carbocycles. The Bertz CT molecular complexity index is 501. The van der Waals surface area contributed by atoms with Crippen LogP contribution in [0.4, 0.5) is 0 Å². The molecular weight excluding hydrogens is 246 g/mol. The normalized spacial score (nSPS) is 9.87. The fourth-order valence-corrected chi connectivity index (χ4v) is 2.95. The summed E-state index contributed by atoms with van der Waals surface area (Å²) >= 11 is 5.53. The first-order valence-corrected chi connectivity index (χ1v) is 6.66. The summed E-state index contributed by atoms with van der Waals surface area (Å²) in [6.45, 7) is 0. The second-order valence-electron chi connectivity index (χ2n) is 2.60. The van der Waals surface area contributed by atoms with Crippen LogP contribution in [0.15, 0.2) is 28.7 Å². The Morgan fingerprint density at radius 2 is 2.40 bits per heavy atom. The minimum atomic E-state index is 0.429. The number of rotatable bonds is 2. The van der Waals surface area contributed by atoms with Crippen LogP contribution in [-0.4, -0.2) is 9.97 Å². The van der Waals surface area contributed by atoms with Gasteiger partial charge >= 0.3 is 0 Å². The summed E-state index contributed by atoms with van der Waals surface area (Å²) in [6, 6.07) is 5.81. The van der Waals surface area contributed by atoms with Crippen molar-refractivity contribution in [3.63, 3.8) is 0 Å². The van der Waals surface area contributed by atoms with Gasteiger partial charge in [0, 0.05) is 18.0 Å². The van der Waals surface area contributed by atoms with E-state index in [-0.39, 0.29) is 0 Å². The first-order chi connectivity index (χ1) is 7.35. The third-order valence-corrected chi connectivity index (χ3v) is 4.37. The summed E-state index contributed by atoms with van der Waals surface area (Å²) < 4.78 is 0.819. The molecule has 2 aromatic heterocycles. The largest absolute Gasteiger partial charge is 0.264 e. The smallest absolute Gasteiger partial charge is 0.166 e. The predicted molar refractivity (Wildman–Crippen MR) is 64.9 cm³/mol. The fraction of sp³-hybridized carbons (Fsp3) is 0. The number of hydrogen-bond donors (Lipinski definition) is 1. The third-order valence-electron chi connectivity index (χ3n) is 1.69. The van der Waals surface area contributed by atoms with E-state index in [1.54, 1.807) is 12.4 Å². The Morgan fingerprint density at radius 1 is 1.53 bits per heavy atom. The molecule has 0 aliphatic rings. The van der Waals surface area contributed by atoms with Crippen molar-refractivity contribution in [3.05, 3.63) is 30.2 Å². The topological polar surface area (TPSA) is 49.6 Å². The molecule has 2 aromatic rings. The highest BCUT2D eigenvalue weighted by atomic mass is 33.1. The highest BCUT2D eigenvalue weighted by molar-refractivity contribution is 8.69. The lowest BCUT2D eigenvalue weighted by atomic mass is 10.3. The first kappa shape index (κ1) is 10.5. The lowest BCUT2D eigenvalue weighted by molar-refractivity contribution is 1.27. The Labute approximate surface area is 100 Å². The van der Waals surface area contributed by atoms with E-state index in [1.165, 1.54) is 22.1 Å². The van der Waals surface area contributed by atoms with Crippen LogP contribution in [0.3, 0.4) is 0 Å². The van der Waals surface area contributed by atoms with E-state index in [0.29, 0.717) is 5.69 Å². The lowest BCUT2D eigenvalue weighted by Crippen LogP contribution is -1.78. The predicted octanol–water partition coefficient (Wildman–Crippen LogP) is 3.01. The van der Waals surface area contributed by atoms with Gasteiger partial charge in [-0.2, -0.15) is 5.26 Å². The first-order valence-electron chi connectivity index (χ1n) is 3.98. The van der Waals surface area contributed by atoms with Crippen molar-refractivity contribution >= 4 is 33.8 Å².